The maximum atomic E-state index is 10.9. The van der Waals surface area contributed by atoms with Gasteiger partial charge in [0.25, 0.3) is 0 Å². The Kier molecular flexibility index (Phi) is 3.47. The van der Waals surface area contributed by atoms with Crippen LogP contribution in [0, 0.1) is 17.8 Å². The Hall–Kier alpha value is -1.48. The number of aliphatic hydroxyl groups is 1. The van der Waals surface area contributed by atoms with Crippen molar-refractivity contribution < 1.29 is 5.11 Å². The molecule has 3 aliphatic rings. The molecule has 3 heteroatoms. The second-order valence-electron chi connectivity index (χ2n) is 5.93. The van der Waals surface area contributed by atoms with Crippen LogP contribution >= 0.6 is 0 Å². The normalized spacial score (nSPS) is 35.8. The predicted octanol–water partition coefficient (Wildman–Crippen LogP) is 2.10. The highest BCUT2D eigenvalue weighted by Crippen LogP contribution is 2.49. The molecule has 0 aromatic carbocycles. The Morgan fingerprint density at radius 3 is 2.10 bits per heavy atom. The summed E-state index contributed by atoms with van der Waals surface area (Å²) >= 11 is 0. The van der Waals surface area contributed by atoms with E-state index in [-0.39, 0.29) is 5.92 Å². The summed E-state index contributed by atoms with van der Waals surface area (Å²) in [5.41, 5.74) is 4.87. The van der Waals surface area contributed by atoms with E-state index in [0.29, 0.717) is 11.8 Å². The Morgan fingerprint density at radius 2 is 1.50 bits per heavy atom. The summed E-state index contributed by atoms with van der Waals surface area (Å²) in [6, 6.07) is 0. The van der Waals surface area contributed by atoms with Crippen molar-refractivity contribution in [3.8, 4) is 0 Å². The topological polar surface area (TPSA) is 44.3 Å². The molecule has 0 bridgehead atoms. The van der Waals surface area contributed by atoms with Gasteiger partial charge >= 0.3 is 0 Å². The van der Waals surface area contributed by atoms with Crippen molar-refractivity contribution in [3.63, 3.8) is 0 Å². The first-order chi connectivity index (χ1) is 9.69. The molecule has 0 saturated heterocycles. The third-order valence-corrected chi connectivity index (χ3v) is 5.04. The van der Waals surface area contributed by atoms with Gasteiger partial charge in [-0.2, -0.15) is 0 Å². The van der Waals surface area contributed by atoms with Crippen LogP contribution in [-0.4, -0.2) is 25.3 Å². The highest BCUT2D eigenvalue weighted by Gasteiger charge is 2.46. The Bertz CT molecular complexity index is 479. The molecule has 3 aliphatic carbocycles. The molecule has 3 nitrogen and oxygen atoms in total. The average Bonchev–Trinajstić information content (AvgIpc) is 2.51. The second-order valence-corrected chi connectivity index (χ2v) is 5.93. The predicted molar refractivity (Wildman–Crippen MR) is 81.8 cm³/mol. The fraction of sp³-hybridized carbons (Fsp3) is 0.529. The summed E-state index contributed by atoms with van der Waals surface area (Å²) in [4.78, 5) is 0. The van der Waals surface area contributed by atoms with Gasteiger partial charge in [0.2, 0.25) is 0 Å². The first kappa shape index (κ1) is 13.5. The number of fused-ring (bicyclic) bond motifs is 2. The molecular weight excluding hydrogens is 248 g/mol. The average molecular weight is 272 g/mol. The van der Waals surface area contributed by atoms with Crippen molar-refractivity contribution in [2.24, 2.45) is 17.8 Å². The Labute approximate surface area is 121 Å². The van der Waals surface area contributed by atoms with Crippen molar-refractivity contribution in [2.45, 2.75) is 25.9 Å². The summed E-state index contributed by atoms with van der Waals surface area (Å²) in [6.07, 6.45) is 10.5. The fourth-order valence-electron chi connectivity index (χ4n) is 4.08. The summed E-state index contributed by atoms with van der Waals surface area (Å²) in [5, 5.41) is 17.5. The van der Waals surface area contributed by atoms with Crippen LogP contribution in [0.4, 0.5) is 0 Å². The van der Waals surface area contributed by atoms with E-state index >= 15 is 0 Å². The monoisotopic (exact) mass is 272 g/mol. The van der Waals surface area contributed by atoms with Crippen molar-refractivity contribution in [2.75, 3.05) is 14.1 Å². The zero-order chi connectivity index (χ0) is 14.3. The van der Waals surface area contributed by atoms with Crippen LogP contribution in [0.25, 0.3) is 0 Å². The minimum absolute atomic E-state index is 0.129. The maximum Gasteiger partial charge on any atom is 0.0878 e. The fourth-order valence-corrected chi connectivity index (χ4v) is 4.08. The van der Waals surface area contributed by atoms with Gasteiger partial charge in [-0.1, -0.05) is 19.1 Å². The molecule has 4 atom stereocenters. The van der Waals surface area contributed by atoms with Crippen molar-refractivity contribution in [1.82, 2.24) is 10.6 Å². The number of hydrogen-bond donors (Lipinski definition) is 3. The molecule has 0 aromatic heterocycles. The summed E-state index contributed by atoms with van der Waals surface area (Å²) < 4.78 is 0. The molecule has 4 unspecified atom stereocenters. The first-order valence-corrected chi connectivity index (χ1v) is 7.54. The van der Waals surface area contributed by atoms with Crippen LogP contribution in [-0.2, 0) is 0 Å². The molecule has 3 rings (SSSR count). The Morgan fingerprint density at radius 1 is 0.950 bits per heavy atom. The van der Waals surface area contributed by atoms with E-state index < -0.39 is 6.10 Å². The zero-order valence-electron chi connectivity index (χ0n) is 12.5. The van der Waals surface area contributed by atoms with Crippen LogP contribution in [0.3, 0.4) is 0 Å². The Balaban J connectivity index is 2.08. The summed E-state index contributed by atoms with van der Waals surface area (Å²) in [5.74, 6) is 0.888. The zero-order valence-corrected chi connectivity index (χ0v) is 12.5. The van der Waals surface area contributed by atoms with Crippen LogP contribution in [0.2, 0.25) is 0 Å². The van der Waals surface area contributed by atoms with Crippen LogP contribution in [0.5, 0.6) is 0 Å². The van der Waals surface area contributed by atoms with Gasteiger partial charge in [0.05, 0.1) is 6.10 Å². The van der Waals surface area contributed by atoms with E-state index in [0.717, 1.165) is 24.1 Å². The molecule has 3 N–H and O–H groups in total. The molecule has 0 aromatic rings. The van der Waals surface area contributed by atoms with Crippen LogP contribution in [0.1, 0.15) is 19.8 Å². The minimum atomic E-state index is -0.404. The quantitative estimate of drug-likeness (QED) is 0.721. The van der Waals surface area contributed by atoms with Gasteiger partial charge in [0, 0.05) is 37.3 Å². The number of aliphatic hydroxyl groups excluding tert-OH is 1. The molecule has 0 heterocycles. The standard InChI is InChI=1S/C17H24N2O/c1-10-11-6-4-5-7-12(11)17(20)16-14(19-3)9-8-13(18-2)15(10)16/h6-10,15-20H,4-5H2,1-3H3. The first-order valence-electron chi connectivity index (χ1n) is 7.54. The van der Waals surface area contributed by atoms with E-state index in [2.05, 4.69) is 41.9 Å². The lowest BCUT2D eigenvalue weighted by atomic mass is 9.61. The summed E-state index contributed by atoms with van der Waals surface area (Å²) in [6.45, 7) is 2.29. The van der Waals surface area contributed by atoms with Gasteiger partial charge in [0.15, 0.2) is 0 Å². The lowest BCUT2D eigenvalue weighted by molar-refractivity contribution is 0.0947. The highest BCUT2D eigenvalue weighted by molar-refractivity contribution is 5.47. The van der Waals surface area contributed by atoms with Crippen molar-refractivity contribution >= 4 is 0 Å². The van der Waals surface area contributed by atoms with Gasteiger partial charge in [0.1, 0.15) is 0 Å². The SMILES string of the molecule is CNC1=CC=C(NC)C2C(O)C3=CCCC=C3C(C)C12. The lowest BCUT2D eigenvalue weighted by Crippen LogP contribution is -2.47. The third-order valence-electron chi connectivity index (χ3n) is 5.04. The number of nitrogens with one attached hydrogen (secondary N) is 2. The van der Waals surface area contributed by atoms with Crippen molar-refractivity contribution in [1.29, 1.82) is 0 Å². The van der Waals surface area contributed by atoms with Gasteiger partial charge in [-0.05, 0) is 42.1 Å². The second kappa shape index (κ2) is 5.13. The molecule has 0 aliphatic heterocycles. The molecular formula is C17H24N2O. The van der Waals surface area contributed by atoms with E-state index in [1.54, 1.807) is 0 Å². The minimum Gasteiger partial charge on any atom is -0.391 e. The lowest BCUT2D eigenvalue weighted by Gasteiger charge is -2.47. The van der Waals surface area contributed by atoms with E-state index in [1.165, 1.54) is 11.3 Å². The van der Waals surface area contributed by atoms with Crippen molar-refractivity contribution in [3.05, 3.63) is 46.8 Å². The third kappa shape index (κ3) is 1.84. The number of hydrogen-bond acceptors (Lipinski definition) is 3. The highest BCUT2D eigenvalue weighted by atomic mass is 16.3. The van der Waals surface area contributed by atoms with E-state index in [4.69, 9.17) is 0 Å². The van der Waals surface area contributed by atoms with Gasteiger partial charge in [-0.15, -0.1) is 0 Å². The number of allylic oxidation sites excluding steroid dienone is 5. The molecule has 0 radical (unpaired) electrons. The largest absolute Gasteiger partial charge is 0.391 e. The van der Waals surface area contributed by atoms with Crippen LogP contribution < -0.4 is 10.6 Å². The van der Waals surface area contributed by atoms with Gasteiger partial charge < -0.3 is 15.7 Å². The molecule has 0 spiro atoms. The van der Waals surface area contributed by atoms with Gasteiger partial charge in [-0.25, -0.2) is 0 Å². The molecule has 108 valence electrons. The molecule has 1 saturated carbocycles. The summed E-state index contributed by atoms with van der Waals surface area (Å²) in [7, 11) is 3.92. The number of rotatable bonds is 2. The maximum absolute atomic E-state index is 10.9. The van der Waals surface area contributed by atoms with Gasteiger partial charge in [-0.3, -0.25) is 0 Å². The van der Waals surface area contributed by atoms with E-state index in [1.807, 2.05) is 14.1 Å². The molecule has 0 amide bonds. The van der Waals surface area contributed by atoms with Crippen LogP contribution in [0.15, 0.2) is 46.8 Å². The van der Waals surface area contributed by atoms with E-state index in [9.17, 15) is 5.11 Å². The smallest absolute Gasteiger partial charge is 0.0878 e. The molecule has 1 fully saturated rings. The molecule has 20 heavy (non-hydrogen) atoms.